The van der Waals surface area contributed by atoms with Gasteiger partial charge in [0.15, 0.2) is 0 Å². The predicted octanol–water partition coefficient (Wildman–Crippen LogP) is 2.20. The number of piperidine rings is 1. The van der Waals surface area contributed by atoms with Gasteiger partial charge in [-0.1, -0.05) is 0 Å². The summed E-state index contributed by atoms with van der Waals surface area (Å²) in [5.41, 5.74) is 0. The van der Waals surface area contributed by atoms with Gasteiger partial charge in [0, 0.05) is 30.9 Å². The monoisotopic (exact) mass is 290 g/mol. The van der Waals surface area contributed by atoms with Crippen molar-refractivity contribution in [3.05, 3.63) is 34.0 Å². The summed E-state index contributed by atoms with van der Waals surface area (Å²) >= 11 is 1.57. The van der Waals surface area contributed by atoms with E-state index in [1.807, 2.05) is 35.6 Å². The molecule has 1 unspecified atom stereocenters. The summed E-state index contributed by atoms with van der Waals surface area (Å²) in [6.07, 6.45) is 3.81. The third kappa shape index (κ3) is 2.47. The molecule has 0 bridgehead atoms. The number of nitrogens with zero attached hydrogens (tertiary/aromatic N) is 4. The van der Waals surface area contributed by atoms with E-state index in [0.29, 0.717) is 5.92 Å². The molecule has 1 amide bonds. The lowest BCUT2D eigenvalue weighted by atomic mass is 9.97. The van der Waals surface area contributed by atoms with E-state index in [1.54, 1.807) is 17.7 Å². The molecule has 6 heteroatoms. The van der Waals surface area contributed by atoms with Gasteiger partial charge in [0.2, 0.25) is 0 Å². The van der Waals surface area contributed by atoms with Crippen molar-refractivity contribution in [3.8, 4) is 0 Å². The van der Waals surface area contributed by atoms with Crippen LogP contribution in [0.4, 0.5) is 0 Å². The number of carbonyl (C=O) groups excluding carboxylic acids is 1. The number of thiophene rings is 1. The Kier molecular flexibility index (Phi) is 3.56. The second kappa shape index (κ2) is 5.36. The van der Waals surface area contributed by atoms with Gasteiger partial charge in [0.05, 0.1) is 4.88 Å². The van der Waals surface area contributed by atoms with Crippen molar-refractivity contribution in [2.45, 2.75) is 25.7 Å². The van der Waals surface area contributed by atoms with E-state index >= 15 is 0 Å². The largest absolute Gasteiger partial charge is 0.337 e. The highest BCUT2D eigenvalue weighted by Crippen LogP contribution is 2.27. The fourth-order valence-electron chi connectivity index (χ4n) is 2.74. The van der Waals surface area contributed by atoms with Crippen LogP contribution in [-0.4, -0.2) is 38.7 Å². The number of carbonyl (C=O) groups is 1. The van der Waals surface area contributed by atoms with Crippen LogP contribution in [0.2, 0.25) is 0 Å². The number of amides is 1. The molecule has 2 aromatic rings. The van der Waals surface area contributed by atoms with Crippen LogP contribution < -0.4 is 0 Å². The van der Waals surface area contributed by atoms with Gasteiger partial charge in [-0.05, 0) is 31.9 Å². The number of rotatable bonds is 2. The molecule has 0 spiro atoms. The van der Waals surface area contributed by atoms with E-state index in [4.69, 9.17) is 0 Å². The molecule has 1 aliphatic rings. The molecule has 1 saturated heterocycles. The summed E-state index contributed by atoms with van der Waals surface area (Å²) in [6.45, 7) is 3.60. The van der Waals surface area contributed by atoms with Gasteiger partial charge in [-0.15, -0.1) is 21.5 Å². The third-order valence-corrected chi connectivity index (χ3v) is 4.76. The molecule has 3 heterocycles. The maximum atomic E-state index is 12.5. The first kappa shape index (κ1) is 13.3. The zero-order valence-electron chi connectivity index (χ0n) is 11.7. The first-order valence-corrected chi connectivity index (χ1v) is 7.66. The molecule has 0 saturated carbocycles. The van der Waals surface area contributed by atoms with E-state index in [2.05, 4.69) is 10.2 Å². The Hall–Kier alpha value is -1.69. The molecule has 20 heavy (non-hydrogen) atoms. The average molecular weight is 290 g/mol. The van der Waals surface area contributed by atoms with Crippen molar-refractivity contribution >= 4 is 17.2 Å². The molecule has 0 radical (unpaired) electrons. The number of aryl methyl sites for hydroxylation is 2. The van der Waals surface area contributed by atoms with Crippen LogP contribution in [0.3, 0.4) is 0 Å². The van der Waals surface area contributed by atoms with Crippen molar-refractivity contribution < 1.29 is 4.79 Å². The van der Waals surface area contributed by atoms with Crippen LogP contribution in [0.15, 0.2) is 18.5 Å². The normalized spacial score (nSPS) is 19.3. The maximum absolute atomic E-state index is 12.5. The first-order chi connectivity index (χ1) is 9.65. The molecular weight excluding hydrogens is 272 g/mol. The van der Waals surface area contributed by atoms with Crippen molar-refractivity contribution in [1.82, 2.24) is 19.7 Å². The average Bonchev–Trinajstić information content (AvgIpc) is 3.07. The Bertz CT molecular complexity index is 618. The van der Waals surface area contributed by atoms with Crippen LogP contribution in [-0.2, 0) is 7.05 Å². The Labute approximate surface area is 122 Å². The maximum Gasteiger partial charge on any atom is 0.263 e. The van der Waals surface area contributed by atoms with Gasteiger partial charge in [-0.2, -0.15) is 0 Å². The van der Waals surface area contributed by atoms with Gasteiger partial charge in [0.1, 0.15) is 12.2 Å². The first-order valence-electron chi connectivity index (χ1n) is 6.85. The van der Waals surface area contributed by atoms with Crippen molar-refractivity contribution in [2.75, 3.05) is 13.1 Å². The summed E-state index contributed by atoms with van der Waals surface area (Å²) in [6, 6.07) is 3.93. The molecule has 1 aliphatic heterocycles. The van der Waals surface area contributed by atoms with E-state index < -0.39 is 0 Å². The minimum absolute atomic E-state index is 0.148. The SMILES string of the molecule is Cc1ccc(C(=O)N2CCCC(c3nncn3C)C2)s1. The number of likely N-dealkylation sites (tertiary alicyclic amines) is 1. The quantitative estimate of drug-likeness (QED) is 0.852. The highest BCUT2D eigenvalue weighted by Gasteiger charge is 2.28. The zero-order chi connectivity index (χ0) is 14.1. The van der Waals surface area contributed by atoms with Gasteiger partial charge in [-0.3, -0.25) is 4.79 Å². The minimum atomic E-state index is 0.148. The molecule has 0 N–H and O–H groups in total. The summed E-state index contributed by atoms with van der Waals surface area (Å²) in [5, 5.41) is 8.13. The van der Waals surface area contributed by atoms with Crippen molar-refractivity contribution in [3.63, 3.8) is 0 Å². The highest BCUT2D eigenvalue weighted by atomic mass is 32.1. The molecule has 1 fully saturated rings. The fraction of sp³-hybridized carbons (Fsp3) is 0.500. The number of hydrogen-bond donors (Lipinski definition) is 0. The molecule has 0 aromatic carbocycles. The minimum Gasteiger partial charge on any atom is -0.337 e. The molecule has 106 valence electrons. The Morgan fingerprint density at radius 2 is 2.30 bits per heavy atom. The molecular formula is C14H18N4OS. The lowest BCUT2D eigenvalue weighted by Crippen LogP contribution is -2.39. The third-order valence-electron chi connectivity index (χ3n) is 3.77. The van der Waals surface area contributed by atoms with Gasteiger partial charge in [0.25, 0.3) is 5.91 Å². The van der Waals surface area contributed by atoms with E-state index in [0.717, 1.165) is 36.6 Å². The Morgan fingerprint density at radius 3 is 2.95 bits per heavy atom. The topological polar surface area (TPSA) is 51.0 Å². The molecule has 0 aliphatic carbocycles. The smallest absolute Gasteiger partial charge is 0.263 e. The van der Waals surface area contributed by atoms with Crippen LogP contribution >= 0.6 is 11.3 Å². The molecule has 2 aromatic heterocycles. The van der Waals surface area contributed by atoms with E-state index in [1.165, 1.54) is 4.88 Å². The predicted molar refractivity (Wildman–Crippen MR) is 77.9 cm³/mol. The standard InChI is InChI=1S/C14H18N4OS/c1-10-5-6-12(20-10)14(19)18-7-3-4-11(8-18)13-16-15-9-17(13)2/h5-6,9,11H,3-4,7-8H2,1-2H3. The highest BCUT2D eigenvalue weighted by molar-refractivity contribution is 7.13. The second-order valence-corrected chi connectivity index (χ2v) is 6.59. The van der Waals surface area contributed by atoms with Crippen LogP contribution in [0.1, 0.15) is 39.1 Å². The number of hydrogen-bond acceptors (Lipinski definition) is 4. The van der Waals surface area contributed by atoms with Crippen LogP contribution in [0, 0.1) is 6.92 Å². The second-order valence-electron chi connectivity index (χ2n) is 5.30. The lowest BCUT2D eigenvalue weighted by Gasteiger charge is -2.31. The molecule has 5 nitrogen and oxygen atoms in total. The lowest BCUT2D eigenvalue weighted by molar-refractivity contribution is 0.0708. The molecule has 3 rings (SSSR count). The van der Waals surface area contributed by atoms with Crippen LogP contribution in [0.25, 0.3) is 0 Å². The van der Waals surface area contributed by atoms with Crippen molar-refractivity contribution in [2.24, 2.45) is 7.05 Å². The zero-order valence-corrected chi connectivity index (χ0v) is 12.6. The summed E-state index contributed by atoms with van der Waals surface area (Å²) in [4.78, 5) is 16.5. The van der Waals surface area contributed by atoms with Gasteiger partial charge in [-0.25, -0.2) is 0 Å². The Morgan fingerprint density at radius 1 is 1.45 bits per heavy atom. The number of aromatic nitrogens is 3. The van der Waals surface area contributed by atoms with Gasteiger partial charge < -0.3 is 9.47 Å². The fourth-order valence-corrected chi connectivity index (χ4v) is 3.57. The summed E-state index contributed by atoms with van der Waals surface area (Å²) < 4.78 is 1.95. The van der Waals surface area contributed by atoms with E-state index in [-0.39, 0.29) is 5.91 Å². The summed E-state index contributed by atoms with van der Waals surface area (Å²) in [7, 11) is 1.96. The molecule has 1 atom stereocenters. The van der Waals surface area contributed by atoms with Gasteiger partial charge >= 0.3 is 0 Å². The Balaban J connectivity index is 1.75. The van der Waals surface area contributed by atoms with E-state index in [9.17, 15) is 4.79 Å². The van der Waals surface area contributed by atoms with Crippen molar-refractivity contribution in [1.29, 1.82) is 0 Å². The van der Waals surface area contributed by atoms with Crippen LogP contribution in [0.5, 0.6) is 0 Å². The summed E-state index contributed by atoms with van der Waals surface area (Å²) in [5.74, 6) is 1.42.